The van der Waals surface area contributed by atoms with Crippen LogP contribution in [0, 0.1) is 6.92 Å². The zero-order chi connectivity index (χ0) is 22.6. The number of nitrogens with zero attached hydrogens (tertiary/aromatic N) is 3. The van der Waals surface area contributed by atoms with E-state index in [9.17, 15) is 18.0 Å². The Morgan fingerprint density at radius 1 is 1.23 bits per heavy atom. The van der Waals surface area contributed by atoms with Gasteiger partial charge in [-0.2, -0.15) is 13.2 Å². The van der Waals surface area contributed by atoms with Gasteiger partial charge in [0.05, 0.1) is 22.3 Å². The second kappa shape index (κ2) is 8.92. The first-order valence-electron chi connectivity index (χ1n) is 8.48. The van der Waals surface area contributed by atoms with Crippen molar-refractivity contribution in [1.82, 2.24) is 15.1 Å². The van der Waals surface area contributed by atoms with E-state index in [0.29, 0.717) is 22.5 Å². The number of carbonyl (C=O) groups excluding carboxylic acids is 1. The molecule has 2 N–H and O–H groups in total. The number of halogens is 3. The van der Waals surface area contributed by atoms with Crippen molar-refractivity contribution in [3.8, 4) is 11.4 Å². The number of fused-ring (bicyclic) bond motifs is 1. The van der Waals surface area contributed by atoms with Crippen molar-refractivity contribution in [3.63, 3.8) is 0 Å². The minimum Gasteiger partial charge on any atom is -0.475 e. The van der Waals surface area contributed by atoms with Crippen LogP contribution in [0.5, 0.6) is 0 Å². The Morgan fingerprint density at radius 3 is 2.55 bits per heavy atom. The van der Waals surface area contributed by atoms with Crippen LogP contribution in [0.25, 0.3) is 22.4 Å². The first-order chi connectivity index (χ1) is 14.6. The molecular weight excluding hydrogens is 437 g/mol. The number of hydrogen-bond acceptors (Lipinski definition) is 7. The summed E-state index contributed by atoms with van der Waals surface area (Å²) in [6.45, 7) is 1.93. The highest BCUT2D eigenvalue weighted by molar-refractivity contribution is 7.09. The minimum absolute atomic E-state index is 0.216. The molecule has 0 bridgehead atoms. The lowest BCUT2D eigenvalue weighted by Crippen LogP contribution is -2.21. The molecule has 1 amide bonds. The van der Waals surface area contributed by atoms with Gasteiger partial charge in [-0.15, -0.1) is 11.3 Å². The highest BCUT2D eigenvalue weighted by atomic mass is 32.1. The lowest BCUT2D eigenvalue weighted by molar-refractivity contribution is -0.192. The number of alkyl halides is 3. The number of nitrogens with one attached hydrogen (secondary N) is 1. The molecule has 0 fully saturated rings. The fourth-order valence-electron chi connectivity index (χ4n) is 2.38. The Balaban J connectivity index is 0.000000339. The van der Waals surface area contributed by atoms with E-state index in [2.05, 4.69) is 20.4 Å². The molecular formula is C19H13F3N4O4S. The highest BCUT2D eigenvalue weighted by Crippen LogP contribution is 2.29. The van der Waals surface area contributed by atoms with Gasteiger partial charge in [0.25, 0.3) is 5.91 Å². The normalized spacial score (nSPS) is 11.0. The zero-order valence-corrected chi connectivity index (χ0v) is 16.5. The van der Waals surface area contributed by atoms with E-state index < -0.39 is 12.1 Å². The number of pyridine rings is 1. The summed E-state index contributed by atoms with van der Waals surface area (Å²) < 4.78 is 37.1. The zero-order valence-electron chi connectivity index (χ0n) is 15.7. The molecule has 1 aromatic carbocycles. The molecule has 4 aromatic rings. The number of benzene rings is 1. The predicted molar refractivity (Wildman–Crippen MR) is 106 cm³/mol. The van der Waals surface area contributed by atoms with Crippen LogP contribution >= 0.6 is 11.3 Å². The molecule has 0 saturated carbocycles. The number of anilines is 1. The largest absolute Gasteiger partial charge is 0.490 e. The maximum Gasteiger partial charge on any atom is 0.490 e. The second-order valence-corrected chi connectivity index (χ2v) is 7.05. The number of carboxylic acids is 1. The molecule has 0 saturated heterocycles. The van der Waals surface area contributed by atoms with Gasteiger partial charge in [0, 0.05) is 17.1 Å². The molecule has 0 spiro atoms. The topological polar surface area (TPSA) is 118 Å². The Hall–Kier alpha value is -3.80. The summed E-state index contributed by atoms with van der Waals surface area (Å²) in [4.78, 5) is 29.7. The first kappa shape index (κ1) is 21.9. The van der Waals surface area contributed by atoms with E-state index in [1.165, 1.54) is 0 Å². The monoisotopic (exact) mass is 450 g/mol. The van der Waals surface area contributed by atoms with Crippen molar-refractivity contribution in [1.29, 1.82) is 0 Å². The van der Waals surface area contributed by atoms with Crippen molar-refractivity contribution in [3.05, 3.63) is 58.7 Å². The number of hydrogen-bond donors (Lipinski definition) is 2. The van der Waals surface area contributed by atoms with Crippen LogP contribution < -0.4 is 5.32 Å². The molecule has 0 aliphatic rings. The van der Waals surface area contributed by atoms with Gasteiger partial charge in [-0.25, -0.2) is 9.78 Å². The molecule has 0 aliphatic carbocycles. The average molecular weight is 450 g/mol. The van der Waals surface area contributed by atoms with Crippen LogP contribution in [0.15, 0.2) is 52.6 Å². The molecule has 0 atom stereocenters. The molecule has 0 aliphatic heterocycles. The van der Waals surface area contributed by atoms with Crippen molar-refractivity contribution < 1.29 is 32.4 Å². The quantitative estimate of drug-likeness (QED) is 0.470. The average Bonchev–Trinajstić information content (AvgIpc) is 3.33. The van der Waals surface area contributed by atoms with Crippen LogP contribution in [0.2, 0.25) is 0 Å². The summed E-state index contributed by atoms with van der Waals surface area (Å²) in [5.41, 5.74) is 3.17. The van der Waals surface area contributed by atoms with Gasteiger partial charge in [0.2, 0.25) is 0 Å². The first-order valence-corrected chi connectivity index (χ1v) is 9.36. The number of carboxylic acid groups (broad SMARTS) is 1. The van der Waals surface area contributed by atoms with E-state index >= 15 is 0 Å². The highest BCUT2D eigenvalue weighted by Gasteiger charge is 2.38. The lowest BCUT2D eigenvalue weighted by atomic mass is 10.1. The number of aryl methyl sites for hydroxylation is 1. The fraction of sp³-hybridized carbons (Fsp3) is 0.105. The number of rotatable bonds is 3. The molecule has 8 nitrogen and oxygen atoms in total. The van der Waals surface area contributed by atoms with Crippen LogP contribution in [0.1, 0.15) is 15.4 Å². The van der Waals surface area contributed by atoms with Crippen LogP contribution in [-0.4, -0.2) is 38.3 Å². The third kappa shape index (κ3) is 5.42. The molecule has 4 rings (SSSR count). The number of aromatic nitrogens is 3. The third-order valence-corrected chi connectivity index (χ3v) is 4.53. The summed E-state index contributed by atoms with van der Waals surface area (Å²) in [5, 5.41) is 17.7. The van der Waals surface area contributed by atoms with Crippen molar-refractivity contribution >= 4 is 39.9 Å². The van der Waals surface area contributed by atoms with Gasteiger partial charge in [-0.05, 0) is 37.3 Å². The molecule has 31 heavy (non-hydrogen) atoms. The maximum atomic E-state index is 12.4. The SMILES string of the molecule is Cc1nc(-c2noc3ccc(C(=O)Nc4cccnc4)cc23)cs1.O=C(O)C(F)(F)F. The van der Waals surface area contributed by atoms with Crippen LogP contribution in [0.4, 0.5) is 18.9 Å². The Kier molecular flexibility index (Phi) is 6.30. The lowest BCUT2D eigenvalue weighted by Gasteiger charge is -2.04. The van der Waals surface area contributed by atoms with Gasteiger partial charge in [-0.1, -0.05) is 5.16 Å². The van der Waals surface area contributed by atoms with E-state index in [1.54, 1.807) is 54.1 Å². The minimum atomic E-state index is -5.08. The summed E-state index contributed by atoms with van der Waals surface area (Å²) in [5.74, 6) is -2.97. The Bertz CT molecular complexity index is 1220. The molecule has 160 valence electrons. The van der Waals surface area contributed by atoms with Crippen molar-refractivity contribution in [2.24, 2.45) is 0 Å². The van der Waals surface area contributed by atoms with Crippen molar-refractivity contribution in [2.75, 3.05) is 5.32 Å². The molecule has 12 heteroatoms. The van der Waals surface area contributed by atoms with Gasteiger partial charge in [-0.3, -0.25) is 9.78 Å². The van der Waals surface area contributed by atoms with Gasteiger partial charge >= 0.3 is 12.1 Å². The number of amides is 1. The van der Waals surface area contributed by atoms with Crippen molar-refractivity contribution in [2.45, 2.75) is 13.1 Å². The predicted octanol–water partition coefficient (Wildman–Crippen LogP) is 4.54. The standard InChI is InChI=1S/C17H12N4O2S.C2HF3O2/c1-10-19-14(9-24-10)16-13-7-11(4-5-15(13)23-21-16)17(22)20-12-3-2-6-18-8-12;3-2(4,5)1(6)7/h2-9H,1H3,(H,20,22);(H,6,7). The maximum absolute atomic E-state index is 12.4. The molecule has 0 unspecified atom stereocenters. The van der Waals surface area contributed by atoms with Gasteiger partial charge in [0.1, 0.15) is 11.4 Å². The Morgan fingerprint density at radius 2 is 1.97 bits per heavy atom. The number of aliphatic carboxylic acids is 1. The number of carbonyl (C=O) groups is 2. The molecule has 0 radical (unpaired) electrons. The number of thiazole rings is 1. The molecule has 3 aromatic heterocycles. The smallest absolute Gasteiger partial charge is 0.475 e. The van der Waals surface area contributed by atoms with Crippen LogP contribution in [-0.2, 0) is 4.79 Å². The molecule has 3 heterocycles. The summed E-state index contributed by atoms with van der Waals surface area (Å²) in [6, 6.07) is 8.76. The van der Waals surface area contributed by atoms with E-state index in [0.717, 1.165) is 16.1 Å². The van der Waals surface area contributed by atoms with Crippen LogP contribution in [0.3, 0.4) is 0 Å². The van der Waals surface area contributed by atoms with E-state index in [1.807, 2.05) is 12.3 Å². The van der Waals surface area contributed by atoms with Gasteiger partial charge < -0.3 is 14.9 Å². The fourth-order valence-corrected chi connectivity index (χ4v) is 2.97. The Labute approximate surface area is 176 Å². The van der Waals surface area contributed by atoms with Gasteiger partial charge in [0.15, 0.2) is 5.58 Å². The third-order valence-electron chi connectivity index (χ3n) is 3.76. The summed E-state index contributed by atoms with van der Waals surface area (Å²) >= 11 is 1.54. The van der Waals surface area contributed by atoms with E-state index in [4.69, 9.17) is 14.4 Å². The summed E-state index contributed by atoms with van der Waals surface area (Å²) in [7, 11) is 0. The summed E-state index contributed by atoms with van der Waals surface area (Å²) in [6.07, 6.45) is -1.83. The second-order valence-electron chi connectivity index (χ2n) is 5.99. The van der Waals surface area contributed by atoms with E-state index in [-0.39, 0.29) is 5.91 Å².